The van der Waals surface area contributed by atoms with Gasteiger partial charge in [-0.25, -0.2) is 4.79 Å². The van der Waals surface area contributed by atoms with E-state index in [1.165, 1.54) is 37.7 Å². The second-order valence-corrected chi connectivity index (χ2v) is 9.58. The molecule has 2 amide bonds. The van der Waals surface area contributed by atoms with Crippen LogP contribution in [0.5, 0.6) is 11.5 Å². The third-order valence-corrected chi connectivity index (χ3v) is 5.97. The Kier molecular flexibility index (Phi) is 8.14. The first-order valence-electron chi connectivity index (χ1n) is 10.8. The number of thiophene rings is 1. The first-order chi connectivity index (χ1) is 16.6. The first-order valence-corrected chi connectivity index (χ1v) is 11.7. The van der Waals surface area contributed by atoms with Gasteiger partial charge in [0.25, 0.3) is 11.8 Å². The molecule has 0 saturated heterocycles. The number of nitrogens with one attached hydrogen (secondary N) is 2. The summed E-state index contributed by atoms with van der Waals surface area (Å²) in [5, 5.41) is 7.18. The molecule has 0 radical (unpaired) electrons. The highest BCUT2D eigenvalue weighted by Gasteiger charge is 2.21. The Labute approximate surface area is 208 Å². The van der Waals surface area contributed by atoms with E-state index >= 15 is 0 Å². The van der Waals surface area contributed by atoms with Crippen LogP contribution >= 0.6 is 11.3 Å². The fourth-order valence-electron chi connectivity index (χ4n) is 3.20. The molecule has 0 spiro atoms. The molecule has 0 bridgehead atoms. The van der Waals surface area contributed by atoms with Crippen LogP contribution in [0.1, 0.15) is 46.4 Å². The van der Waals surface area contributed by atoms with Gasteiger partial charge in [-0.15, -0.1) is 11.3 Å². The van der Waals surface area contributed by atoms with E-state index in [9.17, 15) is 14.4 Å². The minimum atomic E-state index is -0.800. The fraction of sp³-hybridized carbons (Fsp3) is 0.269. The number of methoxy groups -OCH3 is 2. The molecule has 0 fully saturated rings. The van der Waals surface area contributed by atoms with Gasteiger partial charge < -0.3 is 24.8 Å². The number of anilines is 2. The second kappa shape index (κ2) is 11.1. The predicted octanol–water partition coefficient (Wildman–Crippen LogP) is 5.11. The first kappa shape index (κ1) is 25.8. The number of ether oxygens (including phenoxy) is 3. The maximum Gasteiger partial charge on any atom is 0.340 e. The summed E-state index contributed by atoms with van der Waals surface area (Å²) >= 11 is 1.26. The zero-order valence-corrected chi connectivity index (χ0v) is 21.1. The molecule has 2 N–H and O–H groups in total. The van der Waals surface area contributed by atoms with Gasteiger partial charge in [-0.3, -0.25) is 9.59 Å². The van der Waals surface area contributed by atoms with Crippen LogP contribution in [-0.4, -0.2) is 38.6 Å². The van der Waals surface area contributed by atoms with Gasteiger partial charge in [-0.05, 0) is 34.6 Å². The summed E-state index contributed by atoms with van der Waals surface area (Å²) in [5.41, 5.74) is 1.91. The summed E-state index contributed by atoms with van der Waals surface area (Å²) in [6.45, 7) is 5.80. The lowest BCUT2D eigenvalue weighted by atomic mass is 9.87. The van der Waals surface area contributed by atoms with Gasteiger partial charge in [-0.2, -0.15) is 0 Å². The lowest BCUT2D eigenvalue weighted by molar-refractivity contribution is -0.119. The molecule has 0 aliphatic carbocycles. The van der Waals surface area contributed by atoms with E-state index in [0.29, 0.717) is 16.3 Å². The quantitative estimate of drug-likeness (QED) is 0.420. The standard InChI is InChI=1S/C26H28N2O6S/c1-26(2,3)16-8-10-17(11-9-16)27-23(29)15-34-25(31)18-13-20(32-4)21(33-5)14-19(18)28-24(30)22-7-6-12-35-22/h6-14H,15H2,1-5H3,(H,27,29)(H,28,30). The van der Waals surface area contributed by atoms with Crippen molar-refractivity contribution in [1.29, 1.82) is 0 Å². The van der Waals surface area contributed by atoms with E-state index in [-0.39, 0.29) is 22.4 Å². The molecule has 1 aromatic heterocycles. The van der Waals surface area contributed by atoms with Crippen molar-refractivity contribution >= 4 is 40.5 Å². The van der Waals surface area contributed by atoms with E-state index < -0.39 is 24.4 Å². The summed E-state index contributed by atoms with van der Waals surface area (Å²) in [6, 6.07) is 13.8. The lowest BCUT2D eigenvalue weighted by Gasteiger charge is -2.19. The van der Waals surface area contributed by atoms with Crippen molar-refractivity contribution in [2.24, 2.45) is 0 Å². The van der Waals surface area contributed by atoms with Crippen LogP contribution in [-0.2, 0) is 14.9 Å². The van der Waals surface area contributed by atoms with Gasteiger partial charge in [0.2, 0.25) is 0 Å². The van der Waals surface area contributed by atoms with Crippen molar-refractivity contribution in [2.45, 2.75) is 26.2 Å². The molecule has 0 aliphatic heterocycles. The van der Waals surface area contributed by atoms with Crippen LogP contribution in [0.4, 0.5) is 11.4 Å². The van der Waals surface area contributed by atoms with Gasteiger partial charge in [0.05, 0.1) is 30.3 Å². The molecule has 2 aromatic carbocycles. The van der Waals surface area contributed by atoms with Crippen molar-refractivity contribution < 1.29 is 28.6 Å². The molecule has 0 aliphatic rings. The van der Waals surface area contributed by atoms with Crippen molar-refractivity contribution in [1.82, 2.24) is 0 Å². The van der Waals surface area contributed by atoms with E-state index in [1.54, 1.807) is 29.6 Å². The monoisotopic (exact) mass is 496 g/mol. The SMILES string of the molecule is COc1cc(NC(=O)c2cccs2)c(C(=O)OCC(=O)Nc2ccc(C(C)(C)C)cc2)cc1OC. The second-order valence-electron chi connectivity index (χ2n) is 8.64. The number of hydrogen-bond donors (Lipinski definition) is 2. The maximum absolute atomic E-state index is 12.9. The number of carbonyl (C=O) groups is 3. The number of hydrogen-bond acceptors (Lipinski definition) is 7. The maximum atomic E-state index is 12.9. The van der Waals surface area contributed by atoms with Gasteiger partial charge in [0.15, 0.2) is 18.1 Å². The molecule has 1 heterocycles. The predicted molar refractivity (Wildman–Crippen MR) is 136 cm³/mol. The average Bonchev–Trinajstić information content (AvgIpc) is 3.37. The largest absolute Gasteiger partial charge is 0.493 e. The van der Waals surface area contributed by atoms with Gasteiger partial charge >= 0.3 is 5.97 Å². The molecule has 9 heteroatoms. The molecular weight excluding hydrogens is 468 g/mol. The Bertz CT molecular complexity index is 1200. The molecule has 8 nitrogen and oxygen atoms in total. The summed E-state index contributed by atoms with van der Waals surface area (Å²) < 4.78 is 15.8. The number of benzene rings is 2. The third-order valence-electron chi connectivity index (χ3n) is 5.11. The highest BCUT2D eigenvalue weighted by molar-refractivity contribution is 7.12. The Hall–Kier alpha value is -3.85. The third kappa shape index (κ3) is 6.60. The zero-order valence-electron chi connectivity index (χ0n) is 20.3. The normalized spacial score (nSPS) is 10.9. The smallest absolute Gasteiger partial charge is 0.340 e. The molecular formula is C26H28N2O6S. The summed E-state index contributed by atoms with van der Waals surface area (Å²) in [4.78, 5) is 38.3. The molecule has 0 saturated carbocycles. The van der Waals surface area contributed by atoms with Gasteiger partial charge in [0, 0.05) is 17.8 Å². The summed E-state index contributed by atoms with van der Waals surface area (Å²) in [7, 11) is 2.87. The Morgan fingerprint density at radius 2 is 1.57 bits per heavy atom. The van der Waals surface area contributed by atoms with Gasteiger partial charge in [0.1, 0.15) is 0 Å². The van der Waals surface area contributed by atoms with Gasteiger partial charge in [-0.1, -0.05) is 39.0 Å². The minimum Gasteiger partial charge on any atom is -0.493 e. The molecule has 0 unspecified atom stereocenters. The van der Waals surface area contributed by atoms with Crippen LogP contribution in [0, 0.1) is 0 Å². The van der Waals surface area contributed by atoms with Crippen molar-refractivity contribution in [3.05, 3.63) is 69.9 Å². The average molecular weight is 497 g/mol. The van der Waals surface area contributed by atoms with Crippen LogP contribution in [0.25, 0.3) is 0 Å². The van der Waals surface area contributed by atoms with E-state index in [1.807, 2.05) is 12.1 Å². The van der Waals surface area contributed by atoms with E-state index in [4.69, 9.17) is 14.2 Å². The van der Waals surface area contributed by atoms with Crippen LogP contribution in [0.2, 0.25) is 0 Å². The topological polar surface area (TPSA) is 103 Å². The Morgan fingerprint density at radius 1 is 0.914 bits per heavy atom. The van der Waals surface area contributed by atoms with Crippen LogP contribution in [0.15, 0.2) is 53.9 Å². The Balaban J connectivity index is 1.72. The number of rotatable bonds is 8. The highest BCUT2D eigenvalue weighted by atomic mass is 32.1. The Morgan fingerprint density at radius 3 is 2.14 bits per heavy atom. The number of esters is 1. The lowest BCUT2D eigenvalue weighted by Crippen LogP contribution is -2.22. The molecule has 3 aromatic rings. The van der Waals surface area contributed by atoms with Crippen molar-refractivity contribution in [2.75, 3.05) is 31.5 Å². The summed E-state index contributed by atoms with van der Waals surface area (Å²) in [6.07, 6.45) is 0. The summed E-state index contributed by atoms with van der Waals surface area (Å²) in [5.74, 6) is -1.09. The number of amides is 2. The molecule has 3 rings (SSSR count). The van der Waals surface area contributed by atoms with Crippen LogP contribution in [0.3, 0.4) is 0 Å². The highest BCUT2D eigenvalue weighted by Crippen LogP contribution is 2.34. The zero-order chi connectivity index (χ0) is 25.6. The van der Waals surface area contributed by atoms with E-state index in [2.05, 4.69) is 31.4 Å². The van der Waals surface area contributed by atoms with Crippen molar-refractivity contribution in [3.8, 4) is 11.5 Å². The van der Waals surface area contributed by atoms with E-state index in [0.717, 1.165) is 5.56 Å². The van der Waals surface area contributed by atoms with Crippen molar-refractivity contribution in [3.63, 3.8) is 0 Å². The van der Waals surface area contributed by atoms with Crippen LogP contribution < -0.4 is 20.1 Å². The fourth-order valence-corrected chi connectivity index (χ4v) is 3.82. The molecule has 0 atom stereocenters. The number of carbonyl (C=O) groups excluding carboxylic acids is 3. The molecule has 184 valence electrons. The minimum absolute atomic E-state index is 0.00584. The molecule has 35 heavy (non-hydrogen) atoms.